The number of β-amino-alcohol motifs (C(OH)–C–C–N with tert-alkyl or cyclic N) is 1. The smallest absolute Gasteiger partial charge is 0.254 e. The molecular formula is C23H29FN2O3. The minimum Gasteiger partial charge on any atom is -0.396 e. The Morgan fingerprint density at radius 2 is 2.03 bits per heavy atom. The number of benzene rings is 2. The standard InChI is InChI=1S/C23H29FN2O3/c1-2-10-23(16-27)11-12-26(15-21(23)28)22(29)18-4-3-5-20(13-18)25-14-17-6-8-19(24)9-7-17/h3-9,13,21,25,27-28H,2,10-12,14-16H2,1H3/t21-,23-/m1/s1. The summed E-state index contributed by atoms with van der Waals surface area (Å²) in [6.07, 6.45) is 1.49. The molecule has 2 aromatic carbocycles. The van der Waals surface area contributed by atoms with Gasteiger partial charge < -0.3 is 20.4 Å². The number of amides is 1. The molecule has 3 N–H and O–H groups in total. The lowest BCUT2D eigenvalue weighted by atomic mass is 9.73. The largest absolute Gasteiger partial charge is 0.396 e. The lowest BCUT2D eigenvalue weighted by Gasteiger charge is -2.44. The molecule has 1 saturated heterocycles. The quantitative estimate of drug-likeness (QED) is 0.666. The minimum absolute atomic E-state index is 0.0627. The number of carbonyl (C=O) groups excluding carboxylic acids is 1. The van der Waals surface area contributed by atoms with Gasteiger partial charge in [0.1, 0.15) is 5.82 Å². The van der Waals surface area contributed by atoms with Crippen LogP contribution in [0.4, 0.5) is 10.1 Å². The van der Waals surface area contributed by atoms with Gasteiger partial charge in [-0.3, -0.25) is 4.79 Å². The Hall–Kier alpha value is -2.44. The second kappa shape index (κ2) is 9.37. The average molecular weight is 400 g/mol. The molecule has 0 bridgehead atoms. The van der Waals surface area contributed by atoms with Crippen molar-refractivity contribution in [1.29, 1.82) is 0 Å². The summed E-state index contributed by atoms with van der Waals surface area (Å²) >= 11 is 0. The van der Waals surface area contributed by atoms with Crippen LogP contribution in [0.15, 0.2) is 48.5 Å². The summed E-state index contributed by atoms with van der Waals surface area (Å²) in [7, 11) is 0. The highest BCUT2D eigenvalue weighted by atomic mass is 19.1. The fourth-order valence-corrected chi connectivity index (χ4v) is 4.01. The molecule has 1 aliphatic rings. The Bertz CT molecular complexity index is 827. The van der Waals surface area contributed by atoms with Gasteiger partial charge in [-0.1, -0.05) is 31.5 Å². The number of likely N-dealkylation sites (tertiary alicyclic amines) is 1. The highest BCUT2D eigenvalue weighted by molar-refractivity contribution is 5.95. The van der Waals surface area contributed by atoms with Crippen LogP contribution < -0.4 is 5.32 Å². The fourth-order valence-electron chi connectivity index (χ4n) is 4.01. The second-order valence-electron chi connectivity index (χ2n) is 7.85. The normalized spacial score (nSPS) is 21.8. The molecule has 2 aromatic rings. The summed E-state index contributed by atoms with van der Waals surface area (Å²) in [4.78, 5) is 14.6. The van der Waals surface area contributed by atoms with Crippen LogP contribution >= 0.6 is 0 Å². The number of carbonyl (C=O) groups is 1. The van der Waals surface area contributed by atoms with Gasteiger partial charge in [-0.05, 0) is 48.7 Å². The molecular weight excluding hydrogens is 371 g/mol. The summed E-state index contributed by atoms with van der Waals surface area (Å²) in [5.74, 6) is -0.397. The van der Waals surface area contributed by atoms with E-state index in [-0.39, 0.29) is 24.9 Å². The van der Waals surface area contributed by atoms with Crippen LogP contribution in [-0.4, -0.2) is 46.8 Å². The second-order valence-corrected chi connectivity index (χ2v) is 7.85. The maximum atomic E-state index is 13.0. The van der Waals surface area contributed by atoms with Crippen molar-refractivity contribution in [2.45, 2.75) is 38.8 Å². The number of rotatable bonds is 7. The average Bonchev–Trinajstić information content (AvgIpc) is 2.74. The van der Waals surface area contributed by atoms with Gasteiger partial charge in [0.05, 0.1) is 12.7 Å². The highest BCUT2D eigenvalue weighted by Crippen LogP contribution is 2.36. The number of aliphatic hydroxyl groups is 2. The Kier molecular flexibility index (Phi) is 6.87. The monoisotopic (exact) mass is 400 g/mol. The molecule has 5 nitrogen and oxygen atoms in total. The molecule has 1 heterocycles. The van der Waals surface area contributed by atoms with E-state index in [0.29, 0.717) is 25.1 Å². The molecule has 0 radical (unpaired) electrons. The van der Waals surface area contributed by atoms with Gasteiger partial charge in [-0.15, -0.1) is 0 Å². The molecule has 0 aromatic heterocycles. The van der Waals surface area contributed by atoms with Crippen LogP contribution in [0.25, 0.3) is 0 Å². The van der Waals surface area contributed by atoms with Crippen molar-refractivity contribution in [3.05, 3.63) is 65.5 Å². The van der Waals surface area contributed by atoms with Crippen LogP contribution in [0, 0.1) is 11.2 Å². The Labute approximate surface area is 171 Å². The van der Waals surface area contributed by atoms with E-state index >= 15 is 0 Å². The molecule has 2 atom stereocenters. The lowest BCUT2D eigenvalue weighted by molar-refractivity contribution is -0.0713. The summed E-state index contributed by atoms with van der Waals surface area (Å²) < 4.78 is 13.0. The number of nitrogens with zero attached hydrogens (tertiary/aromatic N) is 1. The number of aliphatic hydroxyl groups excluding tert-OH is 2. The molecule has 1 aliphatic heterocycles. The number of nitrogens with one attached hydrogen (secondary N) is 1. The van der Waals surface area contributed by atoms with Gasteiger partial charge in [0.15, 0.2) is 0 Å². The van der Waals surface area contributed by atoms with Crippen molar-refractivity contribution in [2.75, 3.05) is 25.0 Å². The third kappa shape index (κ3) is 4.95. The Balaban J connectivity index is 1.64. The zero-order valence-corrected chi connectivity index (χ0v) is 16.8. The third-order valence-electron chi connectivity index (χ3n) is 5.85. The van der Waals surface area contributed by atoms with E-state index in [1.54, 1.807) is 29.2 Å². The molecule has 29 heavy (non-hydrogen) atoms. The topological polar surface area (TPSA) is 72.8 Å². The van der Waals surface area contributed by atoms with Crippen molar-refractivity contribution in [3.63, 3.8) is 0 Å². The van der Waals surface area contributed by atoms with Crippen LogP contribution in [0.2, 0.25) is 0 Å². The van der Waals surface area contributed by atoms with Crippen molar-refractivity contribution in [3.8, 4) is 0 Å². The van der Waals surface area contributed by atoms with E-state index < -0.39 is 11.5 Å². The summed E-state index contributed by atoms with van der Waals surface area (Å²) in [6.45, 7) is 3.24. The molecule has 0 saturated carbocycles. The molecule has 6 heteroatoms. The van der Waals surface area contributed by atoms with Crippen LogP contribution in [0.5, 0.6) is 0 Å². The van der Waals surface area contributed by atoms with Crippen molar-refractivity contribution in [2.24, 2.45) is 5.41 Å². The van der Waals surface area contributed by atoms with Crippen molar-refractivity contribution >= 4 is 11.6 Å². The number of hydrogen-bond donors (Lipinski definition) is 3. The Morgan fingerprint density at radius 1 is 1.28 bits per heavy atom. The zero-order chi connectivity index (χ0) is 20.9. The molecule has 1 amide bonds. The number of halogens is 1. The molecule has 156 valence electrons. The molecule has 0 aliphatic carbocycles. The van der Waals surface area contributed by atoms with E-state index in [0.717, 1.165) is 24.1 Å². The first kappa shape index (κ1) is 21.3. The first-order valence-electron chi connectivity index (χ1n) is 10.1. The summed E-state index contributed by atoms with van der Waals surface area (Å²) in [6, 6.07) is 13.5. The van der Waals surface area contributed by atoms with Crippen molar-refractivity contribution < 1.29 is 19.4 Å². The van der Waals surface area contributed by atoms with E-state index in [1.165, 1.54) is 12.1 Å². The lowest BCUT2D eigenvalue weighted by Crippen LogP contribution is -2.54. The van der Waals surface area contributed by atoms with Crippen molar-refractivity contribution in [1.82, 2.24) is 4.90 Å². The predicted octanol–water partition coefficient (Wildman–Crippen LogP) is 3.42. The van der Waals surface area contributed by atoms with Gasteiger partial charge in [0.2, 0.25) is 0 Å². The fraction of sp³-hybridized carbons (Fsp3) is 0.435. The van der Waals surface area contributed by atoms with Gasteiger partial charge in [-0.25, -0.2) is 4.39 Å². The Morgan fingerprint density at radius 3 is 2.69 bits per heavy atom. The number of anilines is 1. The third-order valence-corrected chi connectivity index (χ3v) is 5.85. The SMILES string of the molecule is CCC[C@]1(CO)CCN(C(=O)c2cccc(NCc3ccc(F)cc3)c2)C[C@H]1O. The zero-order valence-electron chi connectivity index (χ0n) is 16.8. The number of piperidine rings is 1. The van der Waals surface area contributed by atoms with E-state index in [9.17, 15) is 19.4 Å². The van der Waals surface area contributed by atoms with Crippen LogP contribution in [0.3, 0.4) is 0 Å². The predicted molar refractivity (Wildman–Crippen MR) is 111 cm³/mol. The van der Waals surface area contributed by atoms with Gasteiger partial charge in [0.25, 0.3) is 5.91 Å². The highest BCUT2D eigenvalue weighted by Gasteiger charge is 2.42. The van der Waals surface area contributed by atoms with Gasteiger partial charge in [0, 0.05) is 36.3 Å². The van der Waals surface area contributed by atoms with Crippen LogP contribution in [-0.2, 0) is 6.54 Å². The first-order valence-corrected chi connectivity index (χ1v) is 10.1. The van der Waals surface area contributed by atoms with Gasteiger partial charge in [-0.2, -0.15) is 0 Å². The van der Waals surface area contributed by atoms with E-state index in [1.807, 2.05) is 19.1 Å². The van der Waals surface area contributed by atoms with Gasteiger partial charge >= 0.3 is 0 Å². The van der Waals surface area contributed by atoms with Crippen LogP contribution in [0.1, 0.15) is 42.1 Å². The molecule has 3 rings (SSSR count). The maximum absolute atomic E-state index is 13.0. The molecule has 1 fully saturated rings. The summed E-state index contributed by atoms with van der Waals surface area (Å²) in [5, 5.41) is 23.7. The summed E-state index contributed by atoms with van der Waals surface area (Å²) in [5.41, 5.74) is 1.78. The van der Waals surface area contributed by atoms with E-state index in [4.69, 9.17) is 0 Å². The molecule has 0 spiro atoms. The van der Waals surface area contributed by atoms with E-state index in [2.05, 4.69) is 5.32 Å². The number of hydrogen-bond acceptors (Lipinski definition) is 4. The maximum Gasteiger partial charge on any atom is 0.254 e. The first-order chi connectivity index (χ1) is 14.0. The minimum atomic E-state index is -0.732. The molecule has 0 unspecified atom stereocenters.